The van der Waals surface area contributed by atoms with Crippen molar-refractivity contribution in [1.82, 2.24) is 0 Å². The lowest BCUT2D eigenvalue weighted by Crippen LogP contribution is -3.11. The maximum absolute atomic E-state index is 5.83. The number of ether oxygens (including phenoxy) is 2. The second-order valence-corrected chi connectivity index (χ2v) is 5.37. The fraction of sp³-hybridized carbons (Fsp3) is 0.647. The van der Waals surface area contributed by atoms with Crippen LogP contribution in [-0.4, -0.2) is 39.5 Å². The quantitative estimate of drug-likeness (QED) is 0.699. The molecule has 0 aliphatic carbocycles. The van der Waals surface area contributed by atoms with Gasteiger partial charge in [0.15, 0.2) is 0 Å². The van der Waals surface area contributed by atoms with Gasteiger partial charge in [-0.15, -0.1) is 0 Å². The van der Waals surface area contributed by atoms with E-state index in [9.17, 15) is 0 Å². The molecule has 0 fully saturated rings. The van der Waals surface area contributed by atoms with Gasteiger partial charge >= 0.3 is 0 Å². The summed E-state index contributed by atoms with van der Waals surface area (Å²) in [6.45, 7) is 16.3. The third-order valence-corrected chi connectivity index (χ3v) is 3.85. The van der Waals surface area contributed by atoms with Crippen LogP contribution in [-0.2, 0) is 4.74 Å². The fourth-order valence-corrected chi connectivity index (χ4v) is 2.28. The molecule has 0 amide bonds. The van der Waals surface area contributed by atoms with Gasteiger partial charge < -0.3 is 14.4 Å². The van der Waals surface area contributed by atoms with Crippen LogP contribution >= 0.6 is 0 Å². The highest BCUT2D eigenvalue weighted by atomic mass is 16.5. The maximum atomic E-state index is 5.83. The summed E-state index contributed by atoms with van der Waals surface area (Å²) in [5.41, 5.74) is 3.75. The van der Waals surface area contributed by atoms with Crippen LogP contribution in [0, 0.1) is 20.8 Å². The van der Waals surface area contributed by atoms with E-state index in [2.05, 4.69) is 46.8 Å². The van der Waals surface area contributed by atoms with Gasteiger partial charge in [0.1, 0.15) is 18.9 Å². The van der Waals surface area contributed by atoms with E-state index in [0.29, 0.717) is 13.2 Å². The maximum Gasteiger partial charge on any atom is 0.122 e. The topological polar surface area (TPSA) is 22.9 Å². The summed E-state index contributed by atoms with van der Waals surface area (Å²) in [6.07, 6.45) is 0. The lowest BCUT2D eigenvalue weighted by Gasteiger charge is -2.15. The van der Waals surface area contributed by atoms with Crippen molar-refractivity contribution in [2.45, 2.75) is 34.6 Å². The summed E-state index contributed by atoms with van der Waals surface area (Å²) >= 11 is 0. The number of hydrogen-bond donors (Lipinski definition) is 1. The van der Waals surface area contributed by atoms with E-state index in [0.717, 1.165) is 32.0 Å². The Balaban J connectivity index is 2.25. The van der Waals surface area contributed by atoms with Gasteiger partial charge in [0, 0.05) is 0 Å². The van der Waals surface area contributed by atoms with E-state index >= 15 is 0 Å². The van der Waals surface area contributed by atoms with Gasteiger partial charge in [-0.3, -0.25) is 0 Å². The normalized spacial score (nSPS) is 11.1. The highest BCUT2D eigenvalue weighted by Crippen LogP contribution is 2.23. The first-order chi connectivity index (χ1) is 9.58. The Hall–Kier alpha value is -1.06. The van der Waals surface area contributed by atoms with Crippen molar-refractivity contribution in [3.8, 4) is 5.75 Å². The molecule has 0 radical (unpaired) electrons. The molecule has 0 bridgehead atoms. The molecule has 0 unspecified atom stereocenters. The molecule has 1 rings (SSSR count). The van der Waals surface area contributed by atoms with E-state index in [1.807, 2.05) is 0 Å². The summed E-state index contributed by atoms with van der Waals surface area (Å²) in [7, 11) is 0. The van der Waals surface area contributed by atoms with Crippen LogP contribution in [0.4, 0.5) is 0 Å². The minimum Gasteiger partial charge on any atom is -0.491 e. The number of aryl methyl sites for hydroxylation is 2. The van der Waals surface area contributed by atoms with Crippen molar-refractivity contribution in [3.05, 3.63) is 28.8 Å². The van der Waals surface area contributed by atoms with Crippen LogP contribution in [0.15, 0.2) is 12.1 Å². The molecule has 3 heteroatoms. The van der Waals surface area contributed by atoms with Crippen molar-refractivity contribution in [1.29, 1.82) is 0 Å². The Morgan fingerprint density at radius 3 is 2.30 bits per heavy atom. The molecule has 1 aromatic carbocycles. The van der Waals surface area contributed by atoms with Crippen LogP contribution in [0.3, 0.4) is 0 Å². The van der Waals surface area contributed by atoms with Gasteiger partial charge in [-0.25, -0.2) is 0 Å². The zero-order chi connectivity index (χ0) is 15.0. The number of quaternary nitrogens is 1. The molecular formula is C17H30NO2+. The summed E-state index contributed by atoms with van der Waals surface area (Å²) in [5, 5.41) is 0. The Morgan fingerprint density at radius 1 is 0.950 bits per heavy atom. The standard InChI is InChI=1S/C17H29NO2/c1-6-18(7-2)8-9-19-10-11-20-17-13-14(3)12-15(4)16(17)5/h12-13H,6-11H2,1-5H3/p+1. The van der Waals surface area contributed by atoms with Crippen LogP contribution in [0.2, 0.25) is 0 Å². The van der Waals surface area contributed by atoms with Crippen LogP contribution in [0.1, 0.15) is 30.5 Å². The van der Waals surface area contributed by atoms with E-state index in [-0.39, 0.29) is 0 Å². The van der Waals surface area contributed by atoms with E-state index < -0.39 is 0 Å². The molecule has 0 aliphatic rings. The Bertz CT molecular complexity index is 400. The molecular weight excluding hydrogens is 250 g/mol. The monoisotopic (exact) mass is 280 g/mol. The molecule has 0 saturated carbocycles. The average Bonchev–Trinajstić information content (AvgIpc) is 2.43. The van der Waals surface area contributed by atoms with Gasteiger partial charge in [-0.1, -0.05) is 6.07 Å². The predicted octanol–water partition coefficient (Wildman–Crippen LogP) is 1.93. The average molecular weight is 280 g/mol. The molecule has 0 aromatic heterocycles. The summed E-state index contributed by atoms with van der Waals surface area (Å²) < 4.78 is 11.5. The van der Waals surface area contributed by atoms with Gasteiger partial charge in [-0.05, 0) is 57.4 Å². The highest BCUT2D eigenvalue weighted by Gasteiger charge is 2.04. The summed E-state index contributed by atoms with van der Waals surface area (Å²) in [6, 6.07) is 4.29. The zero-order valence-electron chi connectivity index (χ0n) is 13.7. The van der Waals surface area contributed by atoms with E-state index in [4.69, 9.17) is 9.47 Å². The largest absolute Gasteiger partial charge is 0.491 e. The SMILES string of the molecule is CC[NH+](CC)CCOCCOc1cc(C)cc(C)c1C. The van der Waals surface area contributed by atoms with E-state index in [1.165, 1.54) is 16.7 Å². The lowest BCUT2D eigenvalue weighted by molar-refractivity contribution is -0.896. The number of rotatable bonds is 9. The third-order valence-electron chi connectivity index (χ3n) is 3.85. The number of benzene rings is 1. The van der Waals surface area contributed by atoms with Gasteiger partial charge in [-0.2, -0.15) is 0 Å². The molecule has 0 saturated heterocycles. The van der Waals surface area contributed by atoms with Gasteiger partial charge in [0.2, 0.25) is 0 Å². The first-order valence-electron chi connectivity index (χ1n) is 7.70. The Kier molecular flexibility index (Phi) is 7.63. The Labute approximate surface area is 123 Å². The van der Waals surface area contributed by atoms with Crippen molar-refractivity contribution in [2.75, 3.05) is 39.5 Å². The van der Waals surface area contributed by atoms with Crippen molar-refractivity contribution >= 4 is 0 Å². The lowest BCUT2D eigenvalue weighted by atomic mass is 10.1. The molecule has 0 atom stereocenters. The van der Waals surface area contributed by atoms with E-state index in [1.54, 1.807) is 4.90 Å². The minimum absolute atomic E-state index is 0.622. The van der Waals surface area contributed by atoms with Crippen LogP contribution < -0.4 is 9.64 Å². The molecule has 1 aromatic rings. The Morgan fingerprint density at radius 2 is 1.65 bits per heavy atom. The molecule has 114 valence electrons. The fourth-order valence-electron chi connectivity index (χ4n) is 2.28. The molecule has 1 N–H and O–H groups in total. The molecule has 20 heavy (non-hydrogen) atoms. The third kappa shape index (κ3) is 5.51. The smallest absolute Gasteiger partial charge is 0.122 e. The predicted molar refractivity (Wildman–Crippen MR) is 83.9 cm³/mol. The van der Waals surface area contributed by atoms with Crippen LogP contribution in [0.5, 0.6) is 5.75 Å². The van der Waals surface area contributed by atoms with Crippen molar-refractivity contribution in [3.63, 3.8) is 0 Å². The van der Waals surface area contributed by atoms with Gasteiger partial charge in [0.25, 0.3) is 0 Å². The van der Waals surface area contributed by atoms with Crippen LogP contribution in [0.25, 0.3) is 0 Å². The first kappa shape index (κ1) is 17.0. The summed E-state index contributed by atoms with van der Waals surface area (Å²) in [4.78, 5) is 1.58. The number of likely N-dealkylation sites (N-methyl/N-ethyl adjacent to an activating group) is 1. The first-order valence-corrected chi connectivity index (χ1v) is 7.70. The number of nitrogens with one attached hydrogen (secondary N) is 1. The summed E-state index contributed by atoms with van der Waals surface area (Å²) in [5.74, 6) is 0.987. The molecule has 0 spiro atoms. The second kappa shape index (κ2) is 8.98. The van der Waals surface area contributed by atoms with Crippen molar-refractivity contribution in [2.24, 2.45) is 0 Å². The molecule has 0 aliphatic heterocycles. The second-order valence-electron chi connectivity index (χ2n) is 5.37. The molecule has 0 heterocycles. The highest BCUT2D eigenvalue weighted by molar-refractivity contribution is 5.41. The van der Waals surface area contributed by atoms with Crippen molar-refractivity contribution < 1.29 is 14.4 Å². The zero-order valence-corrected chi connectivity index (χ0v) is 13.7. The minimum atomic E-state index is 0.622. The number of hydrogen-bond acceptors (Lipinski definition) is 2. The van der Waals surface area contributed by atoms with Gasteiger partial charge in [0.05, 0.1) is 26.3 Å². The molecule has 3 nitrogen and oxygen atoms in total.